The van der Waals surface area contributed by atoms with E-state index >= 15 is 0 Å². The number of halogens is 2. The number of hydrogen-bond acceptors (Lipinski definition) is 5. The molecular formula is C24H23Cl2N5O. The molecule has 6 nitrogen and oxygen atoms in total. The number of ether oxygens (including phenoxy) is 1. The zero-order valence-corrected chi connectivity index (χ0v) is 19.2. The van der Waals surface area contributed by atoms with E-state index in [1.54, 1.807) is 19.4 Å². The molecule has 8 heteroatoms. The third-order valence-electron chi connectivity index (χ3n) is 5.85. The highest BCUT2D eigenvalue weighted by molar-refractivity contribution is 6.42. The first kappa shape index (κ1) is 21.0. The monoisotopic (exact) mass is 467 g/mol. The molecule has 1 N–H and O–H groups in total. The lowest BCUT2D eigenvalue weighted by Gasteiger charge is -2.22. The molecule has 2 heterocycles. The molecule has 4 aromatic rings. The Balaban J connectivity index is 1.64. The summed E-state index contributed by atoms with van der Waals surface area (Å²) in [7, 11) is 1.65. The average Bonchev–Trinajstić information content (AvgIpc) is 3.20. The van der Waals surface area contributed by atoms with Crippen LogP contribution in [0.4, 0.5) is 5.95 Å². The molecule has 0 atom stereocenters. The highest BCUT2D eigenvalue weighted by Gasteiger charge is 2.19. The summed E-state index contributed by atoms with van der Waals surface area (Å²) in [5, 5.41) is 4.49. The van der Waals surface area contributed by atoms with Crippen molar-refractivity contribution in [3.63, 3.8) is 0 Å². The van der Waals surface area contributed by atoms with Gasteiger partial charge in [0.15, 0.2) is 0 Å². The second-order valence-electron chi connectivity index (χ2n) is 7.97. The highest BCUT2D eigenvalue weighted by Crippen LogP contribution is 2.33. The third-order valence-corrected chi connectivity index (χ3v) is 6.59. The van der Waals surface area contributed by atoms with E-state index in [0.29, 0.717) is 27.9 Å². The Bertz CT molecular complexity index is 1270. The van der Waals surface area contributed by atoms with Crippen LogP contribution >= 0.6 is 23.2 Å². The topological polar surface area (TPSA) is 64.9 Å². The molecular weight excluding hydrogens is 445 g/mol. The Labute approximate surface area is 196 Å². The number of aromatic nitrogens is 4. The van der Waals surface area contributed by atoms with E-state index in [-0.39, 0.29) is 0 Å². The fraction of sp³-hybridized carbons (Fsp3) is 0.292. The Morgan fingerprint density at radius 1 is 0.969 bits per heavy atom. The van der Waals surface area contributed by atoms with Gasteiger partial charge >= 0.3 is 0 Å². The smallest absolute Gasteiger partial charge is 0.224 e. The summed E-state index contributed by atoms with van der Waals surface area (Å²) in [6.45, 7) is 0. The van der Waals surface area contributed by atoms with Crippen LogP contribution in [0.2, 0.25) is 10.0 Å². The van der Waals surface area contributed by atoms with Gasteiger partial charge in [-0.15, -0.1) is 0 Å². The van der Waals surface area contributed by atoms with Crippen molar-refractivity contribution >= 4 is 40.2 Å². The van der Waals surface area contributed by atoms with Crippen molar-refractivity contribution in [3.8, 4) is 23.0 Å². The van der Waals surface area contributed by atoms with Crippen LogP contribution in [-0.4, -0.2) is 32.7 Å². The second-order valence-corrected chi connectivity index (χ2v) is 8.79. The molecule has 0 unspecified atom stereocenters. The van der Waals surface area contributed by atoms with Gasteiger partial charge in [0, 0.05) is 23.9 Å². The van der Waals surface area contributed by atoms with Crippen molar-refractivity contribution in [1.29, 1.82) is 0 Å². The maximum absolute atomic E-state index is 6.32. The molecule has 0 amide bonds. The summed E-state index contributed by atoms with van der Waals surface area (Å²) >= 11 is 12.5. The number of nitrogens with zero attached hydrogens (tertiary/aromatic N) is 4. The van der Waals surface area contributed by atoms with Gasteiger partial charge in [-0.3, -0.25) is 4.57 Å². The highest BCUT2D eigenvalue weighted by atomic mass is 35.5. The van der Waals surface area contributed by atoms with E-state index in [0.717, 1.165) is 41.0 Å². The van der Waals surface area contributed by atoms with Crippen molar-refractivity contribution in [2.45, 2.75) is 38.1 Å². The predicted octanol–water partition coefficient (Wildman–Crippen LogP) is 6.54. The lowest BCUT2D eigenvalue weighted by molar-refractivity contribution is 0.415. The minimum Gasteiger partial charge on any atom is -0.497 e. The van der Waals surface area contributed by atoms with Gasteiger partial charge in [0.2, 0.25) is 5.95 Å². The number of fused-ring (bicyclic) bond motifs is 1. The number of anilines is 1. The summed E-state index contributed by atoms with van der Waals surface area (Å²) in [5.74, 6) is 2.80. The van der Waals surface area contributed by atoms with Gasteiger partial charge in [-0.05, 0) is 49.2 Å². The maximum Gasteiger partial charge on any atom is 0.224 e. The van der Waals surface area contributed by atoms with Gasteiger partial charge in [0.05, 0.1) is 28.2 Å². The van der Waals surface area contributed by atoms with Crippen molar-refractivity contribution in [2.24, 2.45) is 0 Å². The van der Waals surface area contributed by atoms with Crippen molar-refractivity contribution in [2.75, 3.05) is 12.4 Å². The van der Waals surface area contributed by atoms with Gasteiger partial charge < -0.3 is 10.1 Å². The van der Waals surface area contributed by atoms with Crippen LogP contribution in [0, 0.1) is 0 Å². The lowest BCUT2D eigenvalue weighted by atomic mass is 9.96. The first-order valence-corrected chi connectivity index (χ1v) is 11.5. The molecule has 1 fully saturated rings. The van der Waals surface area contributed by atoms with Crippen LogP contribution in [-0.2, 0) is 0 Å². The first-order valence-electron chi connectivity index (χ1n) is 10.7. The molecule has 1 aliphatic carbocycles. The van der Waals surface area contributed by atoms with Crippen LogP contribution in [0.15, 0.2) is 48.7 Å². The molecule has 1 aliphatic rings. The fourth-order valence-corrected chi connectivity index (χ4v) is 4.51. The first-order chi connectivity index (χ1) is 15.6. The molecule has 0 saturated heterocycles. The Morgan fingerprint density at radius 2 is 1.81 bits per heavy atom. The maximum atomic E-state index is 6.32. The fourth-order valence-electron chi connectivity index (χ4n) is 4.22. The van der Waals surface area contributed by atoms with Gasteiger partial charge in [0.1, 0.15) is 17.4 Å². The number of methoxy groups -OCH3 is 1. The molecule has 2 aromatic heterocycles. The molecule has 1 saturated carbocycles. The molecule has 32 heavy (non-hydrogen) atoms. The van der Waals surface area contributed by atoms with Gasteiger partial charge in [-0.25, -0.2) is 9.97 Å². The van der Waals surface area contributed by atoms with Gasteiger partial charge in [-0.2, -0.15) is 4.98 Å². The molecule has 5 rings (SSSR count). The van der Waals surface area contributed by atoms with Gasteiger partial charge in [-0.1, -0.05) is 42.5 Å². The van der Waals surface area contributed by atoms with Crippen LogP contribution in [0.3, 0.4) is 0 Å². The van der Waals surface area contributed by atoms with Crippen molar-refractivity contribution < 1.29 is 4.74 Å². The quantitative estimate of drug-likeness (QED) is 0.360. The zero-order valence-electron chi connectivity index (χ0n) is 17.7. The summed E-state index contributed by atoms with van der Waals surface area (Å²) in [6.07, 6.45) is 7.85. The molecule has 0 spiro atoms. The summed E-state index contributed by atoms with van der Waals surface area (Å²) in [6, 6.07) is 13.6. The third kappa shape index (κ3) is 4.12. The van der Waals surface area contributed by atoms with Crippen LogP contribution in [0.5, 0.6) is 5.75 Å². The van der Waals surface area contributed by atoms with E-state index in [1.807, 2.05) is 41.0 Å². The van der Waals surface area contributed by atoms with E-state index in [4.69, 9.17) is 37.9 Å². The number of imidazole rings is 1. The van der Waals surface area contributed by atoms with Crippen LogP contribution in [0.25, 0.3) is 28.2 Å². The average molecular weight is 468 g/mol. The summed E-state index contributed by atoms with van der Waals surface area (Å²) in [4.78, 5) is 14.2. The largest absolute Gasteiger partial charge is 0.497 e. The van der Waals surface area contributed by atoms with Crippen molar-refractivity contribution in [3.05, 3.63) is 58.7 Å². The second kappa shape index (κ2) is 8.96. The Kier molecular flexibility index (Phi) is 5.89. The minimum atomic E-state index is 0.410. The Hall–Kier alpha value is -2.83. The number of benzene rings is 2. The molecule has 0 radical (unpaired) electrons. The van der Waals surface area contributed by atoms with E-state index in [2.05, 4.69) is 10.3 Å². The van der Waals surface area contributed by atoms with Crippen LogP contribution in [0.1, 0.15) is 32.1 Å². The summed E-state index contributed by atoms with van der Waals surface area (Å²) in [5.41, 5.74) is 2.55. The normalized spacial score (nSPS) is 14.6. The lowest BCUT2D eigenvalue weighted by Crippen LogP contribution is -2.23. The molecule has 0 bridgehead atoms. The zero-order chi connectivity index (χ0) is 22.1. The number of nitrogens with one attached hydrogen (secondary N) is 1. The van der Waals surface area contributed by atoms with Crippen LogP contribution < -0.4 is 10.1 Å². The molecule has 164 valence electrons. The Morgan fingerprint density at radius 3 is 2.59 bits per heavy atom. The molecule has 2 aromatic carbocycles. The standard InChI is InChI=1S/C24H23Cl2N5O/c1-32-17-8-10-20-21(14-17)31(23(29-20)15-7-9-18(25)19(26)13-15)22-11-12-27-24(30-22)28-16-5-3-2-4-6-16/h7-14,16H,2-6H2,1H3,(H,27,28,30). The van der Waals surface area contributed by atoms with E-state index in [9.17, 15) is 0 Å². The predicted molar refractivity (Wildman–Crippen MR) is 129 cm³/mol. The SMILES string of the molecule is COc1ccc2nc(-c3ccc(Cl)c(Cl)c3)n(-c3ccnc(NC4CCCCC4)n3)c2c1. The molecule has 0 aliphatic heterocycles. The summed E-state index contributed by atoms with van der Waals surface area (Å²) < 4.78 is 7.47. The van der Waals surface area contributed by atoms with E-state index < -0.39 is 0 Å². The number of rotatable bonds is 5. The van der Waals surface area contributed by atoms with Crippen molar-refractivity contribution in [1.82, 2.24) is 19.5 Å². The minimum absolute atomic E-state index is 0.410. The van der Waals surface area contributed by atoms with E-state index in [1.165, 1.54) is 19.3 Å². The number of hydrogen-bond donors (Lipinski definition) is 1. The van der Waals surface area contributed by atoms with Gasteiger partial charge in [0.25, 0.3) is 0 Å².